The second-order valence-electron chi connectivity index (χ2n) is 3.70. The molecule has 3 nitrogen and oxygen atoms in total. The van der Waals surface area contributed by atoms with E-state index in [0.29, 0.717) is 11.3 Å². The number of thioether (sulfide) groups is 2. The van der Waals surface area contributed by atoms with Gasteiger partial charge in [0.2, 0.25) is 0 Å². The van der Waals surface area contributed by atoms with Crippen LogP contribution in [0.4, 0.5) is 0 Å². The Kier molecular flexibility index (Phi) is 2.24. The fourth-order valence-corrected chi connectivity index (χ4v) is 4.75. The molecule has 1 amide bonds. The Hall–Kier alpha value is -0.160. The van der Waals surface area contributed by atoms with Crippen molar-refractivity contribution in [3.63, 3.8) is 0 Å². The molecule has 0 unspecified atom stereocenters. The standard InChI is InChI=1S/C9H12N2OS2/c12-9-7-8(14-3-1-10-7)6-5-13-4-2-11(6)9/h6,8H,1-5H2/t6-,8-/m0/s1. The van der Waals surface area contributed by atoms with Crippen molar-refractivity contribution in [1.82, 2.24) is 4.90 Å². The number of hydrogen-bond acceptors (Lipinski definition) is 4. The predicted octanol–water partition coefficient (Wildman–Crippen LogP) is 0.500. The molecular formula is C9H12N2OS2. The third-order valence-electron chi connectivity index (χ3n) is 2.94. The largest absolute Gasteiger partial charge is 0.331 e. The van der Waals surface area contributed by atoms with Crippen molar-refractivity contribution in [2.45, 2.75) is 11.3 Å². The van der Waals surface area contributed by atoms with Gasteiger partial charge in [0.05, 0.1) is 11.3 Å². The molecule has 3 heterocycles. The molecule has 0 bridgehead atoms. The molecule has 3 aliphatic rings. The van der Waals surface area contributed by atoms with Gasteiger partial charge >= 0.3 is 0 Å². The SMILES string of the molecule is O=C1C2=NCCS[C@H]2[C@@H]2CSCCN12. The van der Waals surface area contributed by atoms with Crippen LogP contribution < -0.4 is 0 Å². The van der Waals surface area contributed by atoms with Crippen LogP contribution in [0.1, 0.15) is 0 Å². The third-order valence-corrected chi connectivity index (χ3v) is 5.30. The van der Waals surface area contributed by atoms with E-state index in [-0.39, 0.29) is 5.91 Å². The smallest absolute Gasteiger partial charge is 0.269 e. The fraction of sp³-hybridized carbons (Fsp3) is 0.778. The average Bonchev–Trinajstić information content (AvgIpc) is 2.55. The Morgan fingerprint density at radius 2 is 2.36 bits per heavy atom. The molecule has 0 saturated carbocycles. The first-order chi connectivity index (χ1) is 6.88. The fourth-order valence-electron chi connectivity index (χ4n) is 2.27. The first-order valence-corrected chi connectivity index (χ1v) is 7.13. The summed E-state index contributed by atoms with van der Waals surface area (Å²) in [7, 11) is 0. The Bertz CT molecular complexity index is 305. The van der Waals surface area contributed by atoms with Gasteiger partial charge in [-0.25, -0.2) is 0 Å². The maximum absolute atomic E-state index is 11.9. The molecule has 76 valence electrons. The van der Waals surface area contributed by atoms with E-state index in [9.17, 15) is 4.79 Å². The maximum atomic E-state index is 11.9. The molecule has 3 rings (SSSR count). The lowest BCUT2D eigenvalue weighted by molar-refractivity contribution is -0.123. The number of nitrogens with zero attached hydrogens (tertiary/aromatic N) is 2. The summed E-state index contributed by atoms with van der Waals surface area (Å²) in [6.07, 6.45) is 0. The van der Waals surface area contributed by atoms with Gasteiger partial charge in [-0.05, 0) is 0 Å². The molecule has 2 atom stereocenters. The highest BCUT2D eigenvalue weighted by Gasteiger charge is 2.47. The van der Waals surface area contributed by atoms with Crippen molar-refractivity contribution >= 4 is 35.1 Å². The van der Waals surface area contributed by atoms with Gasteiger partial charge in [-0.3, -0.25) is 9.79 Å². The molecule has 0 aromatic heterocycles. The number of aliphatic imine (C=N–C) groups is 1. The van der Waals surface area contributed by atoms with E-state index in [4.69, 9.17) is 0 Å². The summed E-state index contributed by atoms with van der Waals surface area (Å²) in [5.41, 5.74) is 0.855. The van der Waals surface area contributed by atoms with Gasteiger partial charge in [0.25, 0.3) is 5.91 Å². The molecule has 0 aliphatic carbocycles. The Morgan fingerprint density at radius 3 is 3.29 bits per heavy atom. The molecule has 0 N–H and O–H groups in total. The number of carbonyl (C=O) groups excluding carboxylic acids is 1. The summed E-state index contributed by atoms with van der Waals surface area (Å²) in [6.45, 7) is 1.75. The van der Waals surface area contributed by atoms with Crippen LogP contribution >= 0.6 is 23.5 Å². The number of hydrogen-bond donors (Lipinski definition) is 0. The topological polar surface area (TPSA) is 32.7 Å². The normalized spacial score (nSPS) is 36.4. The van der Waals surface area contributed by atoms with Crippen LogP contribution in [0.25, 0.3) is 0 Å². The van der Waals surface area contributed by atoms with E-state index in [1.807, 2.05) is 28.4 Å². The van der Waals surface area contributed by atoms with Crippen molar-refractivity contribution in [3.8, 4) is 0 Å². The number of rotatable bonds is 0. The zero-order valence-electron chi connectivity index (χ0n) is 7.81. The van der Waals surface area contributed by atoms with Gasteiger partial charge in [-0.1, -0.05) is 0 Å². The summed E-state index contributed by atoms with van der Waals surface area (Å²) in [6, 6.07) is 0.435. The van der Waals surface area contributed by atoms with E-state index < -0.39 is 0 Å². The Balaban J connectivity index is 1.95. The van der Waals surface area contributed by atoms with Gasteiger partial charge in [0.15, 0.2) is 0 Å². The van der Waals surface area contributed by atoms with Crippen molar-refractivity contribution in [1.29, 1.82) is 0 Å². The molecule has 2 saturated heterocycles. The summed E-state index contributed by atoms with van der Waals surface area (Å²) >= 11 is 3.88. The van der Waals surface area contributed by atoms with E-state index in [2.05, 4.69) is 4.99 Å². The monoisotopic (exact) mass is 228 g/mol. The van der Waals surface area contributed by atoms with Gasteiger partial charge < -0.3 is 4.90 Å². The first-order valence-electron chi connectivity index (χ1n) is 4.92. The number of carbonyl (C=O) groups is 1. The highest BCUT2D eigenvalue weighted by Crippen LogP contribution is 2.34. The van der Waals surface area contributed by atoms with Crippen LogP contribution in [0.3, 0.4) is 0 Å². The van der Waals surface area contributed by atoms with Gasteiger partial charge in [0.1, 0.15) is 5.71 Å². The molecule has 14 heavy (non-hydrogen) atoms. The second-order valence-corrected chi connectivity index (χ2v) is 6.10. The maximum Gasteiger partial charge on any atom is 0.269 e. The molecule has 5 heteroatoms. The zero-order chi connectivity index (χ0) is 9.54. The van der Waals surface area contributed by atoms with Gasteiger partial charge in [-0.15, -0.1) is 11.8 Å². The van der Waals surface area contributed by atoms with E-state index >= 15 is 0 Å². The molecule has 0 radical (unpaired) electrons. The van der Waals surface area contributed by atoms with Crippen LogP contribution in [0.5, 0.6) is 0 Å². The Labute approximate surface area is 91.7 Å². The average molecular weight is 228 g/mol. The molecule has 0 spiro atoms. The van der Waals surface area contributed by atoms with Crippen LogP contribution in [-0.2, 0) is 4.79 Å². The summed E-state index contributed by atoms with van der Waals surface area (Å²) in [4.78, 5) is 18.4. The van der Waals surface area contributed by atoms with Crippen LogP contribution in [0.15, 0.2) is 4.99 Å². The minimum absolute atomic E-state index is 0.215. The second kappa shape index (κ2) is 3.45. The van der Waals surface area contributed by atoms with E-state index in [0.717, 1.165) is 36.1 Å². The van der Waals surface area contributed by atoms with Crippen molar-refractivity contribution in [2.75, 3.05) is 30.3 Å². The van der Waals surface area contributed by atoms with Crippen molar-refractivity contribution < 1.29 is 4.79 Å². The summed E-state index contributed by atoms with van der Waals surface area (Å²) in [5.74, 6) is 3.48. The molecule has 3 aliphatic heterocycles. The molecule has 2 fully saturated rings. The minimum Gasteiger partial charge on any atom is -0.331 e. The lowest BCUT2D eigenvalue weighted by atomic mass is 10.2. The van der Waals surface area contributed by atoms with Crippen LogP contribution in [-0.4, -0.2) is 58.2 Å². The first kappa shape index (κ1) is 9.09. The highest BCUT2D eigenvalue weighted by molar-refractivity contribution is 8.01. The Morgan fingerprint density at radius 1 is 1.43 bits per heavy atom. The summed E-state index contributed by atoms with van der Waals surface area (Å²) < 4.78 is 0. The van der Waals surface area contributed by atoms with Gasteiger partial charge in [0, 0.05) is 30.3 Å². The van der Waals surface area contributed by atoms with Gasteiger partial charge in [-0.2, -0.15) is 11.8 Å². The predicted molar refractivity (Wildman–Crippen MR) is 61.4 cm³/mol. The number of fused-ring (bicyclic) bond motifs is 3. The van der Waals surface area contributed by atoms with E-state index in [1.165, 1.54) is 0 Å². The van der Waals surface area contributed by atoms with Crippen LogP contribution in [0, 0.1) is 0 Å². The van der Waals surface area contributed by atoms with E-state index in [1.54, 1.807) is 0 Å². The molecule has 0 aromatic rings. The minimum atomic E-state index is 0.215. The van der Waals surface area contributed by atoms with Crippen LogP contribution in [0.2, 0.25) is 0 Å². The lowest BCUT2D eigenvalue weighted by Gasteiger charge is -2.31. The lowest BCUT2D eigenvalue weighted by Crippen LogP contribution is -2.42. The molecule has 0 aromatic carbocycles. The van der Waals surface area contributed by atoms with Crippen molar-refractivity contribution in [3.05, 3.63) is 0 Å². The van der Waals surface area contributed by atoms with Crippen molar-refractivity contribution in [2.24, 2.45) is 4.99 Å². The summed E-state index contributed by atoms with van der Waals surface area (Å²) in [5, 5.41) is 0.379. The third kappa shape index (κ3) is 1.21. The highest BCUT2D eigenvalue weighted by atomic mass is 32.2. The zero-order valence-corrected chi connectivity index (χ0v) is 9.44. The number of amides is 1. The molecular weight excluding hydrogens is 216 g/mol. The quantitative estimate of drug-likeness (QED) is 0.605.